The van der Waals surface area contributed by atoms with Gasteiger partial charge in [-0.05, 0) is 283 Å². The van der Waals surface area contributed by atoms with Crippen LogP contribution in [0.3, 0.4) is 0 Å². The molecule has 8 N–H and O–H groups in total. The Balaban J connectivity index is 0.000000138. The van der Waals surface area contributed by atoms with E-state index in [1.807, 2.05) is 194 Å². The highest BCUT2D eigenvalue weighted by Crippen LogP contribution is 2.28. The number of hydrogen-bond donors (Lipinski definition) is 8. The molecule has 104 heavy (non-hydrogen) atoms. The first-order valence-corrected chi connectivity index (χ1v) is 32.4. The van der Waals surface area contributed by atoms with Crippen LogP contribution < -0.4 is 0 Å². The molecule has 16 rings (SSSR count). The fraction of sp³-hybridized carbons (Fsp3) is 0. The highest BCUT2D eigenvalue weighted by Gasteiger charge is 2.03. The Labute approximate surface area is 602 Å². The van der Waals surface area contributed by atoms with Gasteiger partial charge in [0.2, 0.25) is 0 Å². The van der Waals surface area contributed by atoms with E-state index in [9.17, 15) is 0 Å². The van der Waals surface area contributed by atoms with Gasteiger partial charge in [0.05, 0.1) is 0 Å². The fourth-order valence-electron chi connectivity index (χ4n) is 9.59. The molecule has 0 radical (unpaired) electrons. The van der Waals surface area contributed by atoms with Crippen LogP contribution in [0.25, 0.3) is 89.0 Å². The second-order valence-electron chi connectivity index (χ2n) is 22.3. The van der Waals surface area contributed by atoms with Crippen LogP contribution in [0.2, 0.25) is 0 Å². The Morgan fingerprint density at radius 3 is 0.240 bits per heavy atom. The first kappa shape index (κ1) is 73.6. The van der Waals surface area contributed by atoms with E-state index in [0.29, 0.717) is 0 Å². The second-order valence-corrected chi connectivity index (χ2v) is 22.3. The van der Waals surface area contributed by atoms with E-state index in [2.05, 4.69) is 39.9 Å². The summed E-state index contributed by atoms with van der Waals surface area (Å²) in [6.45, 7) is 0. The molecule has 512 valence electrons. The number of phenols is 8. The maximum atomic E-state index is 9.11. The van der Waals surface area contributed by atoms with Crippen LogP contribution in [0, 0.1) is 0 Å². The lowest BCUT2D eigenvalue weighted by atomic mass is 10.1. The van der Waals surface area contributed by atoms with Crippen molar-refractivity contribution in [2.75, 3.05) is 0 Å². The molecule has 8 heterocycles. The number of hydrogen-bond acceptors (Lipinski definition) is 16. The molecule has 16 nitrogen and oxygen atoms in total. The summed E-state index contributed by atoms with van der Waals surface area (Å²) in [7, 11) is 0. The van der Waals surface area contributed by atoms with Gasteiger partial charge in [-0.25, -0.2) is 0 Å². The number of rotatable bonds is 8. The smallest absolute Gasteiger partial charge is 0.115 e. The number of aromatic hydroxyl groups is 8. The van der Waals surface area contributed by atoms with E-state index in [-0.39, 0.29) is 46.0 Å². The zero-order chi connectivity index (χ0) is 72.8. The summed E-state index contributed by atoms with van der Waals surface area (Å²) in [6.07, 6.45) is 28.6. The van der Waals surface area contributed by atoms with Crippen LogP contribution in [0.1, 0.15) is 0 Å². The summed E-state index contributed by atoms with van der Waals surface area (Å²) in [6, 6.07) is 87.3. The quantitative estimate of drug-likeness (QED) is 0.0703. The average Bonchev–Trinajstić information content (AvgIpc) is 0.631. The van der Waals surface area contributed by atoms with Crippen molar-refractivity contribution < 1.29 is 40.9 Å². The fourth-order valence-corrected chi connectivity index (χ4v) is 9.59. The molecule has 16 aromatic rings. The van der Waals surface area contributed by atoms with Crippen LogP contribution in [0.15, 0.2) is 390 Å². The Morgan fingerprint density at radius 2 is 0.163 bits per heavy atom. The SMILES string of the molecule is Oc1ccc(-c2ccc(O)cc2)cc1.Oc1ccc(-c2ccc(O)cc2)cc1.Oc1ccc(-c2ccc(O)cc2)cc1.Oc1ccc(-c2ccc(O)cc2)cc1.c1cc(-c2ccncc2)ccn1.c1cc(-c2ccncc2)ccn1.c1cc(-c2ccncc2)ccn1.c1cc(-c2ccncc2)ccn1. The van der Waals surface area contributed by atoms with Crippen LogP contribution in [-0.2, 0) is 0 Å². The predicted octanol–water partition coefficient (Wildman–Crippen LogP) is 19.6. The minimum atomic E-state index is 0.257. The van der Waals surface area contributed by atoms with Gasteiger partial charge < -0.3 is 40.9 Å². The monoisotopic (exact) mass is 1370 g/mol. The molecule has 0 aliphatic heterocycles. The Morgan fingerprint density at radius 1 is 0.0962 bits per heavy atom. The second kappa shape index (κ2) is 40.3. The molecule has 0 atom stereocenters. The summed E-state index contributed by atoms with van der Waals surface area (Å²) in [5.41, 5.74) is 17.5. The maximum Gasteiger partial charge on any atom is 0.115 e. The van der Waals surface area contributed by atoms with Gasteiger partial charge in [0, 0.05) is 99.1 Å². The average molecular weight is 1370 g/mol. The molecule has 0 saturated carbocycles. The molecule has 8 aromatic carbocycles. The first-order chi connectivity index (χ1) is 50.9. The summed E-state index contributed by atoms with van der Waals surface area (Å²) in [4.78, 5) is 31.6. The molecule has 0 unspecified atom stereocenters. The van der Waals surface area contributed by atoms with E-state index in [1.165, 1.54) is 44.5 Å². The molecule has 8 aromatic heterocycles. The highest BCUT2D eigenvalue weighted by atomic mass is 16.3. The third-order valence-electron chi connectivity index (χ3n) is 15.0. The standard InChI is InChI=1S/4C12H10O2.4C10H8N2/c4*13-11-5-1-9(2-6-11)10-3-7-12(14)8-4-10;4*1-5-11-6-2-9(1)10-3-7-12-8-4-10/h4*1-8,13-14H;4*1-8H. The topological polar surface area (TPSA) is 265 Å². The van der Waals surface area contributed by atoms with E-state index >= 15 is 0 Å². The van der Waals surface area contributed by atoms with Gasteiger partial charge in [0.15, 0.2) is 0 Å². The van der Waals surface area contributed by atoms with Gasteiger partial charge in [-0.1, -0.05) is 97.1 Å². The van der Waals surface area contributed by atoms with E-state index in [4.69, 9.17) is 40.9 Å². The summed E-state index contributed by atoms with van der Waals surface area (Å²) in [5.74, 6) is 2.06. The lowest BCUT2D eigenvalue weighted by molar-refractivity contribution is 0.474. The van der Waals surface area contributed by atoms with Gasteiger partial charge >= 0.3 is 0 Å². The minimum absolute atomic E-state index is 0.257. The number of nitrogens with zero attached hydrogens (tertiary/aromatic N) is 8. The number of aromatic nitrogens is 8. The zero-order valence-corrected chi connectivity index (χ0v) is 56.1. The van der Waals surface area contributed by atoms with Crippen molar-refractivity contribution >= 4 is 0 Å². The molecule has 16 heteroatoms. The molecule has 0 saturated heterocycles. The summed E-state index contributed by atoms with van der Waals surface area (Å²) in [5, 5.41) is 72.9. The van der Waals surface area contributed by atoms with Crippen LogP contribution in [-0.4, -0.2) is 80.7 Å². The third-order valence-corrected chi connectivity index (χ3v) is 15.0. The lowest BCUT2D eigenvalue weighted by Gasteiger charge is -2.01. The molecular formula is C88H72N8O8. The molecule has 0 aliphatic carbocycles. The predicted molar refractivity (Wildman–Crippen MR) is 411 cm³/mol. The minimum Gasteiger partial charge on any atom is -0.508 e. The zero-order valence-electron chi connectivity index (χ0n) is 56.1. The van der Waals surface area contributed by atoms with Crippen LogP contribution >= 0.6 is 0 Å². The van der Waals surface area contributed by atoms with Gasteiger partial charge in [0.25, 0.3) is 0 Å². The molecule has 0 aliphatic rings. The molecule has 0 spiro atoms. The van der Waals surface area contributed by atoms with Crippen LogP contribution in [0.5, 0.6) is 46.0 Å². The van der Waals surface area contributed by atoms with Crippen molar-refractivity contribution in [3.05, 3.63) is 390 Å². The van der Waals surface area contributed by atoms with E-state index in [1.54, 1.807) is 196 Å². The van der Waals surface area contributed by atoms with Gasteiger partial charge in [-0.2, -0.15) is 0 Å². The first-order valence-electron chi connectivity index (χ1n) is 32.4. The molecule has 0 amide bonds. The largest absolute Gasteiger partial charge is 0.508 e. The Bertz CT molecular complexity index is 4020. The lowest BCUT2D eigenvalue weighted by Crippen LogP contribution is -1.77. The summed E-state index contributed by atoms with van der Waals surface area (Å²) < 4.78 is 0. The van der Waals surface area contributed by atoms with E-state index in [0.717, 1.165) is 44.5 Å². The molecule has 0 fully saturated rings. The molecular weight excluding hydrogens is 1300 g/mol. The highest BCUT2D eigenvalue weighted by molar-refractivity contribution is 5.69. The Kier molecular flexibility index (Phi) is 28.5. The van der Waals surface area contributed by atoms with Crippen molar-refractivity contribution in [1.29, 1.82) is 0 Å². The van der Waals surface area contributed by atoms with Gasteiger partial charge in [0.1, 0.15) is 46.0 Å². The summed E-state index contributed by atoms with van der Waals surface area (Å²) >= 11 is 0. The number of benzene rings is 8. The van der Waals surface area contributed by atoms with Crippen molar-refractivity contribution in [3.63, 3.8) is 0 Å². The van der Waals surface area contributed by atoms with Gasteiger partial charge in [-0.3, -0.25) is 39.9 Å². The normalized spacial score (nSPS) is 9.85. The van der Waals surface area contributed by atoms with Crippen molar-refractivity contribution in [1.82, 2.24) is 39.9 Å². The van der Waals surface area contributed by atoms with Crippen molar-refractivity contribution in [2.24, 2.45) is 0 Å². The van der Waals surface area contributed by atoms with Crippen molar-refractivity contribution in [3.8, 4) is 135 Å². The Hall–Kier alpha value is -14.6. The van der Waals surface area contributed by atoms with Gasteiger partial charge in [-0.15, -0.1) is 0 Å². The van der Waals surface area contributed by atoms with Crippen LogP contribution in [0.4, 0.5) is 0 Å². The van der Waals surface area contributed by atoms with E-state index < -0.39 is 0 Å². The number of phenolic OH excluding ortho intramolecular Hbond substituents is 8. The van der Waals surface area contributed by atoms with Crippen molar-refractivity contribution in [2.45, 2.75) is 0 Å². The number of pyridine rings is 8. The molecule has 0 bridgehead atoms. The maximum absolute atomic E-state index is 9.11. The third kappa shape index (κ3) is 25.0.